The maximum Gasteiger partial charge on any atom is 0.240 e. The highest BCUT2D eigenvalue weighted by Crippen LogP contribution is 2.55. The van der Waals surface area contributed by atoms with Crippen molar-refractivity contribution in [3.05, 3.63) is 30.3 Å². The number of rotatable bonds is 5. The fraction of sp³-hybridized carbons (Fsp3) is 0.700. The van der Waals surface area contributed by atoms with Crippen molar-refractivity contribution in [2.45, 2.75) is 48.3 Å². The van der Waals surface area contributed by atoms with E-state index in [4.69, 9.17) is 4.74 Å². The summed E-state index contributed by atoms with van der Waals surface area (Å²) in [7, 11) is -3.45. The van der Waals surface area contributed by atoms with Gasteiger partial charge in [-0.05, 0) is 49.3 Å². The third-order valence-electron chi connectivity index (χ3n) is 7.08. The number of hydrogen-bond acceptors (Lipinski definition) is 5. The van der Waals surface area contributed by atoms with Crippen LogP contribution in [-0.4, -0.2) is 62.2 Å². The lowest BCUT2D eigenvalue weighted by atomic mass is 9.74. The molecule has 4 heterocycles. The van der Waals surface area contributed by atoms with E-state index in [1.807, 2.05) is 6.07 Å². The molecule has 148 valence electrons. The second-order valence-electron chi connectivity index (χ2n) is 8.47. The largest absolute Gasteiger partial charge is 0.370 e. The minimum absolute atomic E-state index is 0.0158. The van der Waals surface area contributed by atoms with E-state index >= 15 is 0 Å². The number of nitrogens with one attached hydrogen (secondary N) is 1. The van der Waals surface area contributed by atoms with Gasteiger partial charge in [0.25, 0.3) is 0 Å². The van der Waals surface area contributed by atoms with Crippen molar-refractivity contribution >= 4 is 21.8 Å². The van der Waals surface area contributed by atoms with Gasteiger partial charge in [0.15, 0.2) is 0 Å². The molecule has 0 saturated carbocycles. The molecule has 0 radical (unpaired) electrons. The molecule has 0 unspecified atom stereocenters. The van der Waals surface area contributed by atoms with E-state index in [-0.39, 0.29) is 11.7 Å². The summed E-state index contributed by atoms with van der Waals surface area (Å²) in [5.41, 5.74) is -0.0158. The lowest BCUT2D eigenvalue weighted by Crippen LogP contribution is -2.41. The first-order valence-corrected chi connectivity index (χ1v) is 12.8. The Kier molecular flexibility index (Phi) is 4.79. The number of nitrogens with zero attached hydrogens (tertiary/aromatic N) is 1. The Morgan fingerprint density at radius 3 is 2.74 bits per heavy atom. The Morgan fingerprint density at radius 1 is 1.19 bits per heavy atom. The molecule has 1 aromatic rings. The molecule has 0 amide bonds. The zero-order valence-corrected chi connectivity index (χ0v) is 17.2. The molecule has 5 nitrogen and oxygen atoms in total. The lowest BCUT2D eigenvalue weighted by molar-refractivity contribution is -0.00142. The Morgan fingerprint density at radius 2 is 1.96 bits per heavy atom. The quantitative estimate of drug-likeness (QED) is 0.810. The summed E-state index contributed by atoms with van der Waals surface area (Å²) in [4.78, 5) is 3.00. The first-order chi connectivity index (χ1) is 13.1. The molecule has 2 bridgehead atoms. The number of fused-ring (bicyclic) bond motifs is 1. The van der Waals surface area contributed by atoms with Gasteiger partial charge >= 0.3 is 0 Å². The average Bonchev–Trinajstić information content (AvgIpc) is 3.36. The lowest BCUT2D eigenvalue weighted by Gasteiger charge is -2.32. The molecule has 7 heteroatoms. The predicted octanol–water partition coefficient (Wildman–Crippen LogP) is 2.34. The third-order valence-corrected chi connectivity index (χ3v) is 9.57. The second kappa shape index (κ2) is 7.02. The van der Waals surface area contributed by atoms with Crippen LogP contribution in [0.15, 0.2) is 35.2 Å². The number of ether oxygens (including phenoxy) is 1. The highest BCUT2D eigenvalue weighted by atomic mass is 32.2. The van der Waals surface area contributed by atoms with Crippen molar-refractivity contribution < 1.29 is 13.2 Å². The van der Waals surface area contributed by atoms with Crippen LogP contribution in [0.25, 0.3) is 0 Å². The van der Waals surface area contributed by atoms with E-state index in [2.05, 4.69) is 21.4 Å². The zero-order valence-electron chi connectivity index (χ0n) is 15.5. The molecule has 0 aromatic heterocycles. The highest BCUT2D eigenvalue weighted by Gasteiger charge is 2.63. The van der Waals surface area contributed by atoms with Gasteiger partial charge in [-0.2, -0.15) is 11.8 Å². The smallest absolute Gasteiger partial charge is 0.240 e. The Labute approximate surface area is 166 Å². The topological polar surface area (TPSA) is 58.6 Å². The molecule has 4 aliphatic heterocycles. The molecule has 4 aliphatic rings. The van der Waals surface area contributed by atoms with Crippen molar-refractivity contribution in [2.75, 3.05) is 31.1 Å². The van der Waals surface area contributed by atoms with Crippen LogP contribution in [0.1, 0.15) is 25.7 Å². The molecule has 4 saturated heterocycles. The monoisotopic (exact) mass is 408 g/mol. The van der Waals surface area contributed by atoms with E-state index < -0.39 is 10.0 Å². The standard InChI is InChI=1S/C20H28N2O3S2/c23-27(24,16-4-2-1-3-5-16)21-12-17-18-13-22(15-7-10-26-11-8-15)14-20(18)9-6-19(17)25-20/h1-5,15,17-19,21H,6-14H2/t17-,18+,19+,20+/m0/s1. The molecular weight excluding hydrogens is 380 g/mol. The summed E-state index contributed by atoms with van der Waals surface area (Å²) >= 11 is 2.07. The summed E-state index contributed by atoms with van der Waals surface area (Å²) < 4.78 is 34.6. The van der Waals surface area contributed by atoms with Crippen LogP contribution in [0.5, 0.6) is 0 Å². The summed E-state index contributed by atoms with van der Waals surface area (Å²) in [5.74, 6) is 3.29. The van der Waals surface area contributed by atoms with Gasteiger partial charge in [0.05, 0.1) is 16.6 Å². The van der Waals surface area contributed by atoms with Gasteiger partial charge in [-0.3, -0.25) is 4.90 Å². The maximum atomic E-state index is 12.6. The van der Waals surface area contributed by atoms with Gasteiger partial charge in [0, 0.05) is 37.5 Å². The molecule has 5 rings (SSSR count). The van der Waals surface area contributed by atoms with Crippen molar-refractivity contribution in [2.24, 2.45) is 11.8 Å². The summed E-state index contributed by atoms with van der Waals surface area (Å²) in [6.07, 6.45) is 4.99. The SMILES string of the molecule is O=S(=O)(NC[C@H]1[C@H]2CN(C3CCSCC3)C[C@]23CC[C@H]1O3)c1ccccc1. The van der Waals surface area contributed by atoms with Gasteiger partial charge < -0.3 is 4.74 Å². The van der Waals surface area contributed by atoms with E-state index in [9.17, 15) is 8.42 Å². The van der Waals surface area contributed by atoms with E-state index in [1.54, 1.807) is 24.3 Å². The summed E-state index contributed by atoms with van der Waals surface area (Å²) in [6, 6.07) is 9.36. The van der Waals surface area contributed by atoms with E-state index in [0.29, 0.717) is 29.3 Å². The van der Waals surface area contributed by atoms with Gasteiger partial charge in [-0.1, -0.05) is 18.2 Å². The Hall–Kier alpha value is -0.600. The predicted molar refractivity (Wildman–Crippen MR) is 107 cm³/mol. The van der Waals surface area contributed by atoms with Crippen molar-refractivity contribution in [3.63, 3.8) is 0 Å². The Balaban J connectivity index is 1.28. The van der Waals surface area contributed by atoms with E-state index in [1.165, 1.54) is 24.3 Å². The van der Waals surface area contributed by atoms with Gasteiger partial charge in [0.1, 0.15) is 0 Å². The number of benzene rings is 1. The first kappa shape index (κ1) is 18.4. The number of hydrogen-bond donors (Lipinski definition) is 1. The molecular formula is C20H28N2O3S2. The van der Waals surface area contributed by atoms with Crippen LogP contribution in [0, 0.1) is 11.8 Å². The fourth-order valence-corrected chi connectivity index (χ4v) is 7.89. The van der Waals surface area contributed by atoms with Gasteiger partial charge in [0.2, 0.25) is 10.0 Å². The third kappa shape index (κ3) is 3.25. The van der Waals surface area contributed by atoms with E-state index in [0.717, 1.165) is 25.9 Å². The van der Waals surface area contributed by atoms with Crippen LogP contribution < -0.4 is 4.72 Å². The van der Waals surface area contributed by atoms with Crippen molar-refractivity contribution in [1.82, 2.24) is 9.62 Å². The zero-order chi connectivity index (χ0) is 18.5. The van der Waals surface area contributed by atoms with Gasteiger partial charge in [-0.25, -0.2) is 13.1 Å². The molecule has 27 heavy (non-hydrogen) atoms. The molecule has 1 N–H and O–H groups in total. The van der Waals surface area contributed by atoms with Crippen molar-refractivity contribution in [1.29, 1.82) is 0 Å². The number of thioether (sulfide) groups is 1. The fourth-order valence-electron chi connectivity index (χ4n) is 5.72. The minimum Gasteiger partial charge on any atom is -0.370 e. The van der Waals surface area contributed by atoms with Crippen LogP contribution in [-0.2, 0) is 14.8 Å². The first-order valence-electron chi connectivity index (χ1n) is 10.1. The summed E-state index contributed by atoms with van der Waals surface area (Å²) in [5, 5.41) is 0. The maximum absolute atomic E-state index is 12.6. The Bertz CT molecular complexity index is 782. The van der Waals surface area contributed by atoms with Gasteiger partial charge in [-0.15, -0.1) is 0 Å². The molecule has 1 aromatic carbocycles. The van der Waals surface area contributed by atoms with Crippen LogP contribution >= 0.6 is 11.8 Å². The molecule has 0 aliphatic carbocycles. The molecule has 4 fully saturated rings. The highest BCUT2D eigenvalue weighted by molar-refractivity contribution is 7.99. The van der Waals surface area contributed by atoms with Crippen LogP contribution in [0.4, 0.5) is 0 Å². The second-order valence-corrected chi connectivity index (χ2v) is 11.5. The molecule has 4 atom stereocenters. The van der Waals surface area contributed by atoms with Crippen LogP contribution in [0.3, 0.4) is 0 Å². The van der Waals surface area contributed by atoms with Crippen molar-refractivity contribution in [3.8, 4) is 0 Å². The summed E-state index contributed by atoms with van der Waals surface area (Å²) in [6.45, 7) is 2.61. The minimum atomic E-state index is -3.45. The molecule has 1 spiro atoms. The number of sulfonamides is 1. The normalized spacial score (nSPS) is 37.0. The van der Waals surface area contributed by atoms with Crippen LogP contribution in [0.2, 0.25) is 0 Å². The number of likely N-dealkylation sites (tertiary alicyclic amines) is 1. The average molecular weight is 409 g/mol.